The Morgan fingerprint density at radius 2 is 0.972 bits per heavy atom. The van der Waals surface area contributed by atoms with E-state index in [2.05, 4.69) is 122 Å². The van der Waals surface area contributed by atoms with Crippen LogP contribution in [-0.4, -0.2) is 0 Å². The fourth-order valence-electron chi connectivity index (χ4n) is 6.20. The van der Waals surface area contributed by atoms with Crippen LogP contribution in [0, 0.1) is 0 Å². The first-order chi connectivity index (χ1) is 17.8. The van der Waals surface area contributed by atoms with Crippen molar-refractivity contribution in [1.29, 1.82) is 0 Å². The van der Waals surface area contributed by atoms with Crippen LogP contribution in [0.1, 0.15) is 70.0 Å². The van der Waals surface area contributed by atoms with Crippen molar-refractivity contribution < 1.29 is 4.52 Å². The summed E-state index contributed by atoms with van der Waals surface area (Å²) in [6.45, 7) is -1.12. The van der Waals surface area contributed by atoms with Crippen molar-refractivity contribution in [3.8, 4) is 0 Å². The fourth-order valence-corrected chi connectivity index (χ4v) is 12.4. The van der Waals surface area contributed by atoms with E-state index < -0.39 is 6.83 Å². The Hall–Kier alpha value is -2.73. The number of rotatable bonds is 11. The molecule has 186 valence electrons. The molecule has 0 saturated heterocycles. The average molecular weight is 495 g/mol. The summed E-state index contributed by atoms with van der Waals surface area (Å²) in [7, 11) is 0. The molecular weight excluding hydrogens is 455 g/mol. The Labute approximate surface area is 217 Å². The molecule has 0 radical (unpaired) electrons. The van der Waals surface area contributed by atoms with E-state index in [1.54, 1.807) is 0 Å². The van der Waals surface area contributed by atoms with E-state index in [4.69, 9.17) is 4.52 Å². The number of benzene rings is 4. The standard InChI is InChI=1S/C34H39OP/c1-2-3-4-5-6-7-17-27-33-32-26-18-19-28-34(32)36(35-33,29-20-11-8-12-21-29,30-22-13-9-14-23-30)31-24-15-10-16-25-31/h8-16,18-26,28,33H,2-7,17,27H2,1H3. The zero-order valence-electron chi connectivity index (χ0n) is 21.6. The molecule has 36 heavy (non-hydrogen) atoms. The Kier molecular flexibility index (Phi) is 7.70. The van der Waals surface area contributed by atoms with Crippen molar-refractivity contribution in [2.75, 3.05) is 0 Å². The Balaban J connectivity index is 1.65. The van der Waals surface area contributed by atoms with Crippen LogP contribution in [0.25, 0.3) is 0 Å². The topological polar surface area (TPSA) is 9.23 Å². The number of fused-ring (bicyclic) bond motifs is 1. The summed E-state index contributed by atoms with van der Waals surface area (Å²) >= 11 is 0. The molecule has 0 aliphatic carbocycles. The molecule has 5 rings (SSSR count). The quantitative estimate of drug-likeness (QED) is 0.152. The first-order valence-corrected chi connectivity index (χ1v) is 15.9. The zero-order chi connectivity index (χ0) is 24.7. The van der Waals surface area contributed by atoms with Crippen LogP contribution in [-0.2, 0) is 4.52 Å². The van der Waals surface area contributed by atoms with Crippen LogP contribution in [0.15, 0.2) is 115 Å². The minimum atomic E-state index is -3.41. The number of unbranched alkanes of at least 4 members (excludes halogenated alkanes) is 6. The molecule has 0 amide bonds. The molecule has 4 aromatic rings. The molecule has 2 heteroatoms. The summed E-state index contributed by atoms with van der Waals surface area (Å²) in [5, 5.41) is 5.24. The summed E-state index contributed by atoms with van der Waals surface area (Å²) < 4.78 is 7.74. The summed E-state index contributed by atoms with van der Waals surface area (Å²) in [5.74, 6) is 0. The third-order valence-corrected chi connectivity index (χ3v) is 13.8. The monoisotopic (exact) mass is 494 g/mol. The van der Waals surface area contributed by atoms with Crippen molar-refractivity contribution in [3.05, 3.63) is 121 Å². The summed E-state index contributed by atoms with van der Waals surface area (Å²) in [6, 6.07) is 42.2. The first-order valence-electron chi connectivity index (χ1n) is 13.8. The molecule has 0 aromatic heterocycles. The number of hydrogen-bond acceptors (Lipinski definition) is 1. The van der Waals surface area contributed by atoms with E-state index in [0.717, 1.165) is 6.42 Å². The Morgan fingerprint density at radius 1 is 0.528 bits per heavy atom. The van der Waals surface area contributed by atoms with Gasteiger partial charge >= 0.3 is 218 Å². The van der Waals surface area contributed by atoms with Crippen LogP contribution >= 0.6 is 6.83 Å². The van der Waals surface area contributed by atoms with E-state index in [1.807, 2.05) is 0 Å². The summed E-state index contributed by atoms with van der Waals surface area (Å²) in [6.07, 6.45) is 10.4. The van der Waals surface area contributed by atoms with E-state index in [-0.39, 0.29) is 6.10 Å². The molecule has 1 aliphatic rings. The normalized spacial score (nSPS) is 18.7. The summed E-state index contributed by atoms with van der Waals surface area (Å²) in [5.41, 5.74) is 1.37. The fraction of sp³-hybridized carbons (Fsp3) is 0.294. The third kappa shape index (κ3) is 4.13. The second kappa shape index (κ2) is 11.1. The molecular formula is C34H39OP. The molecule has 1 atom stereocenters. The van der Waals surface area contributed by atoms with Crippen molar-refractivity contribution in [2.45, 2.75) is 64.4 Å². The van der Waals surface area contributed by atoms with Gasteiger partial charge in [-0.1, -0.05) is 0 Å². The van der Waals surface area contributed by atoms with Crippen LogP contribution in [0.4, 0.5) is 0 Å². The predicted molar refractivity (Wildman–Crippen MR) is 158 cm³/mol. The maximum absolute atomic E-state index is 7.74. The van der Waals surface area contributed by atoms with Gasteiger partial charge in [0, 0.05) is 0 Å². The Morgan fingerprint density at radius 3 is 1.50 bits per heavy atom. The van der Waals surface area contributed by atoms with Crippen LogP contribution < -0.4 is 21.2 Å². The van der Waals surface area contributed by atoms with Gasteiger partial charge in [-0.25, -0.2) is 0 Å². The molecule has 0 N–H and O–H groups in total. The Bertz CT molecular complexity index is 1140. The van der Waals surface area contributed by atoms with Crippen LogP contribution in [0.3, 0.4) is 0 Å². The first kappa shape index (κ1) is 24.9. The van der Waals surface area contributed by atoms with E-state index in [1.165, 1.54) is 71.7 Å². The van der Waals surface area contributed by atoms with Gasteiger partial charge in [0.05, 0.1) is 0 Å². The second-order valence-corrected chi connectivity index (χ2v) is 14.4. The second-order valence-electron chi connectivity index (χ2n) is 10.1. The van der Waals surface area contributed by atoms with Gasteiger partial charge in [-0.2, -0.15) is 0 Å². The van der Waals surface area contributed by atoms with Crippen molar-refractivity contribution in [2.24, 2.45) is 0 Å². The van der Waals surface area contributed by atoms with Gasteiger partial charge in [0.15, 0.2) is 0 Å². The van der Waals surface area contributed by atoms with E-state index in [0.29, 0.717) is 0 Å². The molecule has 1 nitrogen and oxygen atoms in total. The van der Waals surface area contributed by atoms with Gasteiger partial charge < -0.3 is 0 Å². The number of hydrogen-bond donors (Lipinski definition) is 0. The SMILES string of the molecule is CCCCCCCCCC1OP(c2ccccc2)(c2ccccc2)(c2ccccc2)c2ccccc21. The average Bonchev–Trinajstić information content (AvgIpc) is 3.27. The van der Waals surface area contributed by atoms with Gasteiger partial charge in [0.2, 0.25) is 0 Å². The summed E-state index contributed by atoms with van der Waals surface area (Å²) in [4.78, 5) is 0. The van der Waals surface area contributed by atoms with E-state index in [9.17, 15) is 0 Å². The maximum atomic E-state index is 7.74. The van der Waals surface area contributed by atoms with Crippen molar-refractivity contribution in [1.82, 2.24) is 0 Å². The van der Waals surface area contributed by atoms with Gasteiger partial charge in [-0.05, 0) is 0 Å². The minimum absolute atomic E-state index is 0.0927. The molecule has 4 aromatic carbocycles. The van der Waals surface area contributed by atoms with Crippen molar-refractivity contribution in [3.63, 3.8) is 0 Å². The van der Waals surface area contributed by atoms with Crippen LogP contribution in [0.2, 0.25) is 0 Å². The van der Waals surface area contributed by atoms with Crippen LogP contribution in [0.5, 0.6) is 0 Å². The third-order valence-electron chi connectivity index (χ3n) is 7.90. The van der Waals surface area contributed by atoms with E-state index >= 15 is 0 Å². The molecule has 0 spiro atoms. The molecule has 0 saturated carbocycles. The molecule has 1 aliphatic heterocycles. The molecule has 0 fully saturated rings. The predicted octanol–water partition coefficient (Wildman–Crippen LogP) is 7.97. The van der Waals surface area contributed by atoms with Crippen molar-refractivity contribution >= 4 is 28.0 Å². The van der Waals surface area contributed by atoms with Gasteiger partial charge in [0.25, 0.3) is 0 Å². The molecule has 0 bridgehead atoms. The van der Waals surface area contributed by atoms with Gasteiger partial charge in [-0.15, -0.1) is 0 Å². The molecule has 1 heterocycles. The van der Waals surface area contributed by atoms with Gasteiger partial charge in [-0.3, -0.25) is 0 Å². The zero-order valence-corrected chi connectivity index (χ0v) is 22.5. The van der Waals surface area contributed by atoms with Gasteiger partial charge in [0.1, 0.15) is 0 Å². The molecule has 1 unspecified atom stereocenters.